The third kappa shape index (κ3) is 3.32. The lowest BCUT2D eigenvalue weighted by Gasteiger charge is -2.38. The summed E-state index contributed by atoms with van der Waals surface area (Å²) in [6.45, 7) is 9.42. The predicted octanol–water partition coefficient (Wildman–Crippen LogP) is 1.75. The van der Waals surface area contributed by atoms with Gasteiger partial charge in [0.2, 0.25) is 0 Å². The molecule has 0 bridgehead atoms. The van der Waals surface area contributed by atoms with Crippen LogP contribution >= 0.6 is 0 Å². The van der Waals surface area contributed by atoms with Crippen molar-refractivity contribution in [3.05, 3.63) is 0 Å². The summed E-state index contributed by atoms with van der Waals surface area (Å²) in [6.07, 6.45) is 7.18. The van der Waals surface area contributed by atoms with Crippen LogP contribution in [-0.2, 0) is 0 Å². The third-order valence-corrected chi connectivity index (χ3v) is 5.92. The average Bonchev–Trinajstić information content (AvgIpc) is 2.80. The minimum Gasteiger partial charge on any atom is -0.306 e. The fourth-order valence-electron chi connectivity index (χ4n) is 4.29. The van der Waals surface area contributed by atoms with Crippen molar-refractivity contribution in [2.24, 2.45) is 11.3 Å². The molecule has 3 nitrogen and oxygen atoms in total. The molecule has 0 N–H and O–H groups in total. The van der Waals surface area contributed by atoms with Gasteiger partial charge in [-0.3, -0.25) is 0 Å². The maximum Gasteiger partial charge on any atom is 0.00395 e. The molecule has 0 aromatic carbocycles. The van der Waals surface area contributed by atoms with E-state index in [-0.39, 0.29) is 0 Å². The number of rotatable bonds is 2. The van der Waals surface area contributed by atoms with Gasteiger partial charge in [0.1, 0.15) is 0 Å². The molecule has 3 heteroatoms. The van der Waals surface area contributed by atoms with Gasteiger partial charge in [-0.05, 0) is 90.3 Å². The zero-order valence-electron chi connectivity index (χ0n) is 12.9. The highest BCUT2D eigenvalue weighted by Crippen LogP contribution is 2.40. The first-order chi connectivity index (χ1) is 9.15. The quantitative estimate of drug-likeness (QED) is 0.753. The Morgan fingerprint density at radius 3 is 2.11 bits per heavy atom. The monoisotopic (exact) mass is 265 g/mol. The first-order valence-electron chi connectivity index (χ1n) is 8.25. The lowest BCUT2D eigenvalue weighted by atomic mass is 9.78. The average molecular weight is 265 g/mol. The van der Waals surface area contributed by atoms with Crippen molar-refractivity contribution in [3.8, 4) is 0 Å². The Morgan fingerprint density at radius 2 is 1.42 bits per heavy atom. The minimum absolute atomic E-state index is 0.692. The molecule has 110 valence electrons. The Kier molecular flexibility index (Phi) is 4.16. The fraction of sp³-hybridized carbons (Fsp3) is 1.00. The maximum atomic E-state index is 2.79. The first kappa shape index (κ1) is 13.8. The number of piperidine rings is 2. The van der Waals surface area contributed by atoms with Crippen molar-refractivity contribution < 1.29 is 0 Å². The summed E-state index contributed by atoms with van der Waals surface area (Å²) in [7, 11) is 4.54. The number of likely N-dealkylation sites (tertiary alicyclic amines) is 3. The van der Waals surface area contributed by atoms with Crippen molar-refractivity contribution in [3.63, 3.8) is 0 Å². The van der Waals surface area contributed by atoms with Crippen LogP contribution in [0.1, 0.15) is 32.1 Å². The molecule has 3 rings (SSSR count). The van der Waals surface area contributed by atoms with E-state index in [1.165, 1.54) is 77.9 Å². The van der Waals surface area contributed by atoms with Gasteiger partial charge in [0.15, 0.2) is 0 Å². The van der Waals surface area contributed by atoms with Crippen LogP contribution in [0.4, 0.5) is 0 Å². The molecule has 0 aliphatic carbocycles. The first-order valence-corrected chi connectivity index (χ1v) is 8.25. The van der Waals surface area contributed by atoms with E-state index in [2.05, 4.69) is 28.8 Å². The summed E-state index contributed by atoms with van der Waals surface area (Å²) >= 11 is 0. The van der Waals surface area contributed by atoms with Gasteiger partial charge in [0.05, 0.1) is 0 Å². The second-order valence-corrected chi connectivity index (χ2v) is 7.54. The minimum atomic E-state index is 0.692. The van der Waals surface area contributed by atoms with Gasteiger partial charge >= 0.3 is 0 Å². The molecule has 3 aliphatic rings. The molecule has 0 radical (unpaired) electrons. The van der Waals surface area contributed by atoms with Gasteiger partial charge in [-0.15, -0.1) is 0 Å². The molecule has 19 heavy (non-hydrogen) atoms. The zero-order chi connectivity index (χ0) is 13.3. The third-order valence-electron chi connectivity index (χ3n) is 5.92. The molecule has 3 aliphatic heterocycles. The molecule has 3 fully saturated rings. The summed E-state index contributed by atoms with van der Waals surface area (Å²) < 4.78 is 0. The van der Waals surface area contributed by atoms with E-state index >= 15 is 0 Å². The van der Waals surface area contributed by atoms with E-state index in [1.807, 2.05) is 0 Å². The van der Waals surface area contributed by atoms with Crippen molar-refractivity contribution in [2.75, 3.05) is 59.9 Å². The van der Waals surface area contributed by atoms with Gasteiger partial charge in [0.25, 0.3) is 0 Å². The van der Waals surface area contributed by atoms with Gasteiger partial charge in [-0.25, -0.2) is 0 Å². The van der Waals surface area contributed by atoms with Crippen LogP contribution < -0.4 is 0 Å². The Balaban J connectivity index is 1.46. The Morgan fingerprint density at radius 1 is 0.842 bits per heavy atom. The number of hydrogen-bond acceptors (Lipinski definition) is 3. The Labute approximate surface area is 118 Å². The highest BCUT2D eigenvalue weighted by Gasteiger charge is 2.40. The van der Waals surface area contributed by atoms with Gasteiger partial charge in [-0.1, -0.05) is 0 Å². The molecule has 0 unspecified atom stereocenters. The summed E-state index contributed by atoms with van der Waals surface area (Å²) in [4.78, 5) is 7.78. The highest BCUT2D eigenvalue weighted by atomic mass is 15.2. The van der Waals surface area contributed by atoms with E-state index in [1.54, 1.807) is 0 Å². The van der Waals surface area contributed by atoms with Gasteiger partial charge in [-0.2, -0.15) is 0 Å². The zero-order valence-corrected chi connectivity index (χ0v) is 12.9. The van der Waals surface area contributed by atoms with Crippen LogP contribution in [0, 0.1) is 11.3 Å². The second kappa shape index (κ2) is 5.71. The van der Waals surface area contributed by atoms with Crippen LogP contribution in [0.25, 0.3) is 0 Å². The lowest BCUT2D eigenvalue weighted by Crippen LogP contribution is -2.41. The van der Waals surface area contributed by atoms with Crippen LogP contribution in [-0.4, -0.2) is 74.6 Å². The van der Waals surface area contributed by atoms with Crippen molar-refractivity contribution in [1.82, 2.24) is 14.7 Å². The number of nitrogens with zero attached hydrogens (tertiary/aromatic N) is 3. The van der Waals surface area contributed by atoms with Gasteiger partial charge in [0, 0.05) is 13.1 Å². The topological polar surface area (TPSA) is 9.72 Å². The van der Waals surface area contributed by atoms with Crippen molar-refractivity contribution in [2.45, 2.75) is 32.1 Å². The maximum absolute atomic E-state index is 2.79. The van der Waals surface area contributed by atoms with Crippen LogP contribution in [0.3, 0.4) is 0 Å². The smallest absolute Gasteiger partial charge is 0.00395 e. The van der Waals surface area contributed by atoms with Crippen LogP contribution in [0.2, 0.25) is 0 Å². The molecular formula is C16H31N3. The summed E-state index contributed by atoms with van der Waals surface area (Å²) in [6, 6.07) is 0. The van der Waals surface area contributed by atoms with E-state index in [4.69, 9.17) is 0 Å². The van der Waals surface area contributed by atoms with E-state index < -0.39 is 0 Å². The summed E-state index contributed by atoms with van der Waals surface area (Å²) in [5.41, 5.74) is 0.692. The number of hydrogen-bond donors (Lipinski definition) is 0. The molecule has 0 atom stereocenters. The standard InChI is InChI=1S/C16H31N3/c1-17-8-3-15(4-9-17)13-19-12-7-16(14-19)5-10-18(2)11-6-16/h15H,3-14H2,1-2H3. The molecule has 0 amide bonds. The van der Waals surface area contributed by atoms with Crippen LogP contribution in [0.5, 0.6) is 0 Å². The van der Waals surface area contributed by atoms with E-state index in [9.17, 15) is 0 Å². The summed E-state index contributed by atoms with van der Waals surface area (Å²) in [5, 5.41) is 0. The fourth-order valence-corrected chi connectivity index (χ4v) is 4.29. The molecule has 3 heterocycles. The predicted molar refractivity (Wildman–Crippen MR) is 80.4 cm³/mol. The molecule has 0 saturated carbocycles. The molecule has 0 aromatic heterocycles. The second-order valence-electron chi connectivity index (χ2n) is 7.54. The van der Waals surface area contributed by atoms with Crippen molar-refractivity contribution in [1.29, 1.82) is 0 Å². The van der Waals surface area contributed by atoms with Gasteiger partial charge < -0.3 is 14.7 Å². The molecule has 3 saturated heterocycles. The molecular weight excluding hydrogens is 234 g/mol. The van der Waals surface area contributed by atoms with Crippen molar-refractivity contribution >= 4 is 0 Å². The van der Waals surface area contributed by atoms with Crippen LogP contribution in [0.15, 0.2) is 0 Å². The lowest BCUT2D eigenvalue weighted by molar-refractivity contribution is 0.116. The highest BCUT2D eigenvalue weighted by molar-refractivity contribution is 4.94. The normalized spacial score (nSPS) is 31.3. The van der Waals surface area contributed by atoms with E-state index in [0.29, 0.717) is 5.41 Å². The molecule has 0 aromatic rings. The van der Waals surface area contributed by atoms with E-state index in [0.717, 1.165) is 5.92 Å². The Bertz CT molecular complexity index is 288. The summed E-state index contributed by atoms with van der Waals surface area (Å²) in [5.74, 6) is 0.970. The largest absolute Gasteiger partial charge is 0.306 e. The molecule has 1 spiro atoms. The Hall–Kier alpha value is -0.120. The SMILES string of the molecule is CN1CCC(CN2CCC3(CCN(C)CC3)C2)CC1.